The highest BCUT2D eigenvalue weighted by Crippen LogP contribution is 2.31. The van der Waals surface area contributed by atoms with E-state index in [1.54, 1.807) is 12.1 Å². The second-order valence-electron chi connectivity index (χ2n) is 6.63. The van der Waals surface area contributed by atoms with Crippen molar-refractivity contribution in [3.05, 3.63) is 64.6 Å². The van der Waals surface area contributed by atoms with Crippen LogP contribution in [0, 0.1) is 19.7 Å². The van der Waals surface area contributed by atoms with E-state index in [2.05, 4.69) is 4.98 Å². The maximum Gasteiger partial charge on any atom is 0.243 e. The zero-order chi connectivity index (χ0) is 17.8. The van der Waals surface area contributed by atoms with Gasteiger partial charge in [0.25, 0.3) is 0 Å². The van der Waals surface area contributed by atoms with Gasteiger partial charge in [-0.05, 0) is 61.2 Å². The van der Waals surface area contributed by atoms with Crippen LogP contribution in [0.5, 0.6) is 0 Å². The van der Waals surface area contributed by atoms with E-state index >= 15 is 0 Å². The second-order valence-corrected chi connectivity index (χ2v) is 8.54. The second kappa shape index (κ2) is 5.68. The Labute approximate surface area is 146 Å². The Morgan fingerprint density at radius 3 is 2.72 bits per heavy atom. The maximum absolute atomic E-state index is 13.5. The Morgan fingerprint density at radius 2 is 1.92 bits per heavy atom. The minimum Gasteiger partial charge on any atom is -0.357 e. The third-order valence-corrected chi connectivity index (χ3v) is 6.85. The number of aromatic nitrogens is 1. The number of aromatic amines is 1. The first-order chi connectivity index (χ1) is 11.9. The van der Waals surface area contributed by atoms with E-state index in [-0.39, 0.29) is 12.4 Å². The molecule has 4 nitrogen and oxygen atoms in total. The van der Waals surface area contributed by atoms with Crippen LogP contribution in [0.1, 0.15) is 22.4 Å². The predicted octanol–water partition coefficient (Wildman–Crippen LogP) is 3.67. The summed E-state index contributed by atoms with van der Waals surface area (Å²) in [5.74, 6) is -0.278. The van der Waals surface area contributed by atoms with Crippen molar-refractivity contribution in [3.63, 3.8) is 0 Å². The van der Waals surface area contributed by atoms with E-state index in [4.69, 9.17) is 0 Å². The summed E-state index contributed by atoms with van der Waals surface area (Å²) in [6.07, 6.45) is 0.572. The summed E-state index contributed by atoms with van der Waals surface area (Å²) in [5, 5.41) is 0.846. The number of sulfonamides is 1. The van der Waals surface area contributed by atoms with Gasteiger partial charge in [-0.15, -0.1) is 0 Å². The Morgan fingerprint density at radius 1 is 1.12 bits per heavy atom. The number of nitrogens with one attached hydrogen (secondary N) is 1. The summed E-state index contributed by atoms with van der Waals surface area (Å²) in [5.41, 5.74) is 4.37. The first kappa shape index (κ1) is 16.3. The molecule has 0 saturated carbocycles. The summed E-state index contributed by atoms with van der Waals surface area (Å²) in [6.45, 7) is 4.37. The molecule has 2 heterocycles. The van der Waals surface area contributed by atoms with Crippen LogP contribution in [0.2, 0.25) is 0 Å². The fourth-order valence-electron chi connectivity index (χ4n) is 3.52. The van der Waals surface area contributed by atoms with Crippen molar-refractivity contribution in [1.82, 2.24) is 9.29 Å². The predicted molar refractivity (Wildman–Crippen MR) is 95.5 cm³/mol. The van der Waals surface area contributed by atoms with Crippen LogP contribution < -0.4 is 0 Å². The molecule has 25 heavy (non-hydrogen) atoms. The van der Waals surface area contributed by atoms with Crippen molar-refractivity contribution < 1.29 is 12.8 Å². The highest BCUT2D eigenvalue weighted by atomic mass is 32.2. The van der Waals surface area contributed by atoms with Gasteiger partial charge in [-0.3, -0.25) is 0 Å². The first-order valence-corrected chi connectivity index (χ1v) is 9.66. The van der Waals surface area contributed by atoms with Gasteiger partial charge >= 0.3 is 0 Å². The Balaban J connectivity index is 1.75. The lowest BCUT2D eigenvalue weighted by molar-refractivity contribution is 0.388. The van der Waals surface area contributed by atoms with Crippen molar-refractivity contribution in [3.8, 4) is 0 Å². The molecule has 3 aromatic rings. The minimum atomic E-state index is -3.56. The first-order valence-electron chi connectivity index (χ1n) is 8.22. The van der Waals surface area contributed by atoms with Crippen LogP contribution in [-0.2, 0) is 23.0 Å². The molecular weight excluding hydrogens is 339 g/mol. The highest BCUT2D eigenvalue weighted by molar-refractivity contribution is 7.89. The molecule has 0 unspecified atom stereocenters. The van der Waals surface area contributed by atoms with Gasteiger partial charge in [0.05, 0.1) is 11.4 Å². The summed E-state index contributed by atoms with van der Waals surface area (Å²) in [6, 6.07) is 10.1. The third kappa shape index (κ3) is 2.65. The Hall–Kier alpha value is -2.18. The molecule has 0 amide bonds. The molecule has 130 valence electrons. The molecule has 6 heteroatoms. The molecule has 4 rings (SSSR count). The van der Waals surface area contributed by atoms with E-state index < -0.39 is 10.0 Å². The summed E-state index contributed by atoms with van der Waals surface area (Å²) < 4.78 is 41.2. The molecule has 1 aromatic heterocycles. The van der Waals surface area contributed by atoms with E-state index in [1.807, 2.05) is 26.0 Å². The summed E-state index contributed by atoms with van der Waals surface area (Å²) >= 11 is 0. The molecular formula is C19H19FN2O2S. The van der Waals surface area contributed by atoms with Gasteiger partial charge in [0.15, 0.2) is 0 Å². The van der Waals surface area contributed by atoms with Crippen LogP contribution >= 0.6 is 0 Å². The monoisotopic (exact) mass is 358 g/mol. The van der Waals surface area contributed by atoms with Gasteiger partial charge in [-0.2, -0.15) is 4.31 Å². The zero-order valence-electron chi connectivity index (χ0n) is 14.1. The fourth-order valence-corrected chi connectivity index (χ4v) is 5.24. The van der Waals surface area contributed by atoms with Gasteiger partial charge in [0.2, 0.25) is 10.0 Å². The zero-order valence-corrected chi connectivity index (χ0v) is 15.0. The minimum absolute atomic E-state index is 0.278. The van der Waals surface area contributed by atoms with Crippen LogP contribution in [0.15, 0.2) is 41.3 Å². The number of aryl methyl sites for hydroxylation is 2. The molecule has 1 aliphatic rings. The fraction of sp³-hybridized carbons (Fsp3) is 0.263. The normalized spacial score (nSPS) is 15.5. The van der Waals surface area contributed by atoms with Crippen LogP contribution in [-0.4, -0.2) is 24.3 Å². The Bertz CT molecular complexity index is 1090. The standard InChI is InChI=1S/C19H19FN2O2S/c1-12-3-4-13(2)19(9-12)25(23,24)22-8-7-15-16-10-14(20)5-6-17(16)21-18(15)11-22/h3-6,9-10,21H,7-8,11H2,1-2H3. The quantitative estimate of drug-likeness (QED) is 0.760. The molecule has 0 radical (unpaired) electrons. The van der Waals surface area contributed by atoms with Gasteiger partial charge in [-0.1, -0.05) is 12.1 Å². The number of rotatable bonds is 2. The lowest BCUT2D eigenvalue weighted by Crippen LogP contribution is -2.36. The summed E-state index contributed by atoms with van der Waals surface area (Å²) in [4.78, 5) is 3.61. The molecule has 1 aliphatic heterocycles. The topological polar surface area (TPSA) is 53.2 Å². The van der Waals surface area contributed by atoms with Crippen molar-refractivity contribution in [2.45, 2.75) is 31.7 Å². The van der Waals surface area contributed by atoms with Crippen LogP contribution in [0.3, 0.4) is 0 Å². The average molecular weight is 358 g/mol. The van der Waals surface area contributed by atoms with Gasteiger partial charge in [0, 0.05) is 23.1 Å². The number of H-pyrrole nitrogens is 1. The van der Waals surface area contributed by atoms with E-state index in [0.29, 0.717) is 17.9 Å². The van der Waals surface area contributed by atoms with Gasteiger partial charge < -0.3 is 4.98 Å². The summed E-state index contributed by atoms with van der Waals surface area (Å²) in [7, 11) is -3.56. The van der Waals surface area contributed by atoms with Crippen LogP contribution in [0.4, 0.5) is 4.39 Å². The third-order valence-electron chi connectivity index (χ3n) is 4.86. The van der Waals surface area contributed by atoms with E-state index in [9.17, 15) is 12.8 Å². The van der Waals surface area contributed by atoms with Gasteiger partial charge in [0.1, 0.15) is 5.82 Å². The van der Waals surface area contributed by atoms with Crippen LogP contribution in [0.25, 0.3) is 10.9 Å². The molecule has 2 aromatic carbocycles. The molecule has 0 spiro atoms. The van der Waals surface area contributed by atoms with Crippen molar-refractivity contribution in [1.29, 1.82) is 0 Å². The number of hydrogen-bond donors (Lipinski definition) is 1. The number of nitrogens with zero attached hydrogens (tertiary/aromatic N) is 1. The molecule has 0 aliphatic carbocycles. The number of benzene rings is 2. The SMILES string of the molecule is Cc1ccc(C)c(S(=O)(=O)N2CCc3c([nH]c4ccc(F)cc34)C2)c1. The molecule has 0 saturated heterocycles. The van der Waals surface area contributed by atoms with E-state index in [1.165, 1.54) is 16.4 Å². The molecule has 0 fully saturated rings. The van der Waals surface area contributed by atoms with E-state index in [0.717, 1.165) is 33.3 Å². The smallest absolute Gasteiger partial charge is 0.243 e. The highest BCUT2D eigenvalue weighted by Gasteiger charge is 2.31. The average Bonchev–Trinajstić information content (AvgIpc) is 2.94. The number of halogens is 1. The lowest BCUT2D eigenvalue weighted by atomic mass is 10.0. The molecule has 0 atom stereocenters. The lowest BCUT2D eigenvalue weighted by Gasteiger charge is -2.27. The van der Waals surface area contributed by atoms with Crippen molar-refractivity contribution in [2.75, 3.05) is 6.54 Å². The maximum atomic E-state index is 13.5. The number of hydrogen-bond acceptors (Lipinski definition) is 2. The van der Waals surface area contributed by atoms with Crippen molar-refractivity contribution >= 4 is 20.9 Å². The van der Waals surface area contributed by atoms with Crippen molar-refractivity contribution in [2.24, 2.45) is 0 Å². The molecule has 1 N–H and O–H groups in total. The van der Waals surface area contributed by atoms with Gasteiger partial charge in [-0.25, -0.2) is 12.8 Å². The largest absolute Gasteiger partial charge is 0.357 e. The molecule has 0 bridgehead atoms. The number of fused-ring (bicyclic) bond motifs is 3. The Kier molecular flexibility index (Phi) is 3.70.